The lowest BCUT2D eigenvalue weighted by molar-refractivity contribution is -0.133. The number of benzene rings is 1. The molecule has 1 aliphatic heterocycles. The van der Waals surface area contributed by atoms with E-state index in [1.165, 1.54) is 24.0 Å². The van der Waals surface area contributed by atoms with E-state index in [2.05, 4.69) is 41.4 Å². The fraction of sp³-hybridized carbons (Fsp3) is 0.579. The van der Waals surface area contributed by atoms with E-state index in [1.54, 1.807) is 0 Å². The monoisotopic (exact) mass is 331 g/mol. The summed E-state index contributed by atoms with van der Waals surface area (Å²) < 4.78 is 0. The molecule has 132 valence electrons. The summed E-state index contributed by atoms with van der Waals surface area (Å²) in [6.07, 6.45) is 6.56. The van der Waals surface area contributed by atoms with Gasteiger partial charge in [0.15, 0.2) is 0 Å². The van der Waals surface area contributed by atoms with E-state index < -0.39 is 6.03 Å². The molecule has 5 heteroatoms. The average molecular weight is 331 g/mol. The quantitative estimate of drug-likeness (QED) is 0.785. The Morgan fingerprint density at radius 2 is 2.08 bits per heavy atom. The lowest BCUT2D eigenvalue weighted by Gasteiger charge is -2.31. The van der Waals surface area contributed by atoms with Crippen molar-refractivity contribution in [3.05, 3.63) is 35.4 Å². The van der Waals surface area contributed by atoms with E-state index in [9.17, 15) is 9.59 Å². The molecule has 1 saturated heterocycles. The van der Waals surface area contributed by atoms with Crippen molar-refractivity contribution < 1.29 is 9.59 Å². The van der Waals surface area contributed by atoms with Gasteiger partial charge >= 0.3 is 6.03 Å². The zero-order chi connectivity index (χ0) is 17.4. The summed E-state index contributed by atoms with van der Waals surface area (Å²) in [6, 6.07) is 8.20. The Balaban J connectivity index is 1.95. The minimum absolute atomic E-state index is 0.198. The molecule has 2 rings (SSSR count). The van der Waals surface area contributed by atoms with Gasteiger partial charge in [0, 0.05) is 19.5 Å². The summed E-state index contributed by atoms with van der Waals surface area (Å²) >= 11 is 0. The summed E-state index contributed by atoms with van der Waals surface area (Å²) in [5, 5.41) is 2.56. The number of carbonyl (C=O) groups is 2. The van der Waals surface area contributed by atoms with Gasteiger partial charge in [0.05, 0.1) is 6.04 Å². The van der Waals surface area contributed by atoms with E-state index in [0.717, 1.165) is 32.2 Å². The molecular formula is C19H29N3O2. The van der Waals surface area contributed by atoms with Crippen LogP contribution in [-0.2, 0) is 4.79 Å². The van der Waals surface area contributed by atoms with Crippen LogP contribution in [0, 0.1) is 6.92 Å². The standard InChI is InChI=1S/C19H29N3O2/c1-15-8-7-9-16(14-15)17-10-3-2-6-13-22(17)18(23)11-4-5-12-21-19(20)24/h7-9,14,17H,2-6,10-13H2,1H3,(H3,20,21,24)/t17-/m1/s1. The van der Waals surface area contributed by atoms with Crippen LogP contribution < -0.4 is 11.1 Å². The van der Waals surface area contributed by atoms with Crippen molar-refractivity contribution in [2.45, 2.75) is 57.9 Å². The van der Waals surface area contributed by atoms with Gasteiger partial charge in [-0.3, -0.25) is 4.79 Å². The lowest BCUT2D eigenvalue weighted by Crippen LogP contribution is -2.35. The molecule has 0 aliphatic carbocycles. The van der Waals surface area contributed by atoms with E-state index in [4.69, 9.17) is 5.73 Å². The Hall–Kier alpha value is -2.04. The van der Waals surface area contributed by atoms with Crippen LogP contribution in [0.3, 0.4) is 0 Å². The topological polar surface area (TPSA) is 75.4 Å². The number of unbranched alkanes of at least 4 members (excludes halogenated alkanes) is 1. The number of nitrogens with zero attached hydrogens (tertiary/aromatic N) is 1. The van der Waals surface area contributed by atoms with Gasteiger partial charge in [-0.2, -0.15) is 0 Å². The van der Waals surface area contributed by atoms with Crippen LogP contribution in [0.15, 0.2) is 24.3 Å². The fourth-order valence-electron chi connectivity index (χ4n) is 3.39. The SMILES string of the molecule is Cc1cccc([C@H]2CCCCCN2C(=O)CCCCNC(N)=O)c1. The number of primary amides is 1. The number of urea groups is 1. The number of nitrogens with two attached hydrogens (primary N) is 1. The number of hydrogen-bond acceptors (Lipinski definition) is 2. The molecule has 0 saturated carbocycles. The molecule has 1 aromatic carbocycles. The van der Waals surface area contributed by atoms with Gasteiger partial charge in [-0.15, -0.1) is 0 Å². The van der Waals surface area contributed by atoms with Crippen LogP contribution in [0.25, 0.3) is 0 Å². The molecular weight excluding hydrogens is 302 g/mol. The number of hydrogen-bond donors (Lipinski definition) is 2. The van der Waals surface area contributed by atoms with Gasteiger partial charge in [0.25, 0.3) is 0 Å². The maximum Gasteiger partial charge on any atom is 0.312 e. The third-order valence-corrected chi connectivity index (χ3v) is 4.62. The Labute approximate surface area is 144 Å². The summed E-state index contributed by atoms with van der Waals surface area (Å²) in [5.41, 5.74) is 7.53. The first-order valence-electron chi connectivity index (χ1n) is 8.97. The van der Waals surface area contributed by atoms with Crippen LogP contribution in [0.5, 0.6) is 0 Å². The molecule has 0 spiro atoms. The van der Waals surface area contributed by atoms with Gasteiger partial charge in [0.2, 0.25) is 5.91 Å². The zero-order valence-corrected chi connectivity index (χ0v) is 14.6. The predicted molar refractivity (Wildman–Crippen MR) is 95.5 cm³/mol. The molecule has 1 heterocycles. The first kappa shape index (κ1) is 18.3. The molecule has 1 aromatic rings. The summed E-state index contributed by atoms with van der Waals surface area (Å²) in [6.45, 7) is 3.47. The molecule has 1 atom stereocenters. The second-order valence-corrected chi connectivity index (χ2v) is 6.61. The largest absolute Gasteiger partial charge is 0.352 e. The van der Waals surface area contributed by atoms with Gasteiger partial charge in [-0.25, -0.2) is 4.79 Å². The average Bonchev–Trinajstić information content (AvgIpc) is 2.80. The van der Waals surface area contributed by atoms with Gasteiger partial charge in [-0.1, -0.05) is 42.7 Å². The highest BCUT2D eigenvalue weighted by Crippen LogP contribution is 2.31. The number of aryl methyl sites for hydroxylation is 1. The Kier molecular flexibility index (Phi) is 7.09. The lowest BCUT2D eigenvalue weighted by atomic mass is 9.98. The molecule has 24 heavy (non-hydrogen) atoms. The third-order valence-electron chi connectivity index (χ3n) is 4.62. The highest BCUT2D eigenvalue weighted by atomic mass is 16.2. The normalized spacial score (nSPS) is 18.0. The third kappa shape index (κ3) is 5.55. The number of rotatable bonds is 6. The molecule has 0 bridgehead atoms. The van der Waals surface area contributed by atoms with Gasteiger partial charge in [-0.05, 0) is 38.2 Å². The second kappa shape index (κ2) is 9.30. The van der Waals surface area contributed by atoms with E-state index in [0.29, 0.717) is 13.0 Å². The zero-order valence-electron chi connectivity index (χ0n) is 14.6. The Morgan fingerprint density at radius 3 is 2.83 bits per heavy atom. The Morgan fingerprint density at radius 1 is 1.25 bits per heavy atom. The predicted octanol–water partition coefficient (Wildman–Crippen LogP) is 3.28. The molecule has 3 N–H and O–H groups in total. The van der Waals surface area contributed by atoms with Gasteiger partial charge < -0.3 is 16.0 Å². The van der Waals surface area contributed by atoms with Gasteiger partial charge in [0.1, 0.15) is 0 Å². The number of likely N-dealkylation sites (tertiary alicyclic amines) is 1. The number of nitrogens with one attached hydrogen (secondary N) is 1. The van der Waals surface area contributed by atoms with Crippen molar-refractivity contribution >= 4 is 11.9 Å². The minimum atomic E-state index is -0.506. The summed E-state index contributed by atoms with van der Waals surface area (Å²) in [7, 11) is 0. The minimum Gasteiger partial charge on any atom is -0.352 e. The number of amides is 3. The Bertz CT molecular complexity index is 559. The smallest absolute Gasteiger partial charge is 0.312 e. The highest BCUT2D eigenvalue weighted by molar-refractivity contribution is 5.76. The van der Waals surface area contributed by atoms with E-state index in [1.807, 2.05) is 0 Å². The first-order valence-corrected chi connectivity index (χ1v) is 8.97. The van der Waals surface area contributed by atoms with E-state index in [-0.39, 0.29) is 11.9 Å². The second-order valence-electron chi connectivity index (χ2n) is 6.61. The highest BCUT2D eigenvalue weighted by Gasteiger charge is 2.26. The van der Waals surface area contributed by atoms with E-state index >= 15 is 0 Å². The summed E-state index contributed by atoms with van der Waals surface area (Å²) in [4.78, 5) is 25.4. The van der Waals surface area contributed by atoms with Crippen LogP contribution >= 0.6 is 0 Å². The van der Waals surface area contributed by atoms with Crippen molar-refractivity contribution in [2.24, 2.45) is 5.73 Å². The maximum atomic E-state index is 12.7. The van der Waals surface area contributed by atoms with Crippen LogP contribution in [0.2, 0.25) is 0 Å². The van der Waals surface area contributed by atoms with Crippen molar-refractivity contribution in [2.75, 3.05) is 13.1 Å². The van der Waals surface area contributed by atoms with Crippen LogP contribution in [-0.4, -0.2) is 29.9 Å². The number of carbonyl (C=O) groups excluding carboxylic acids is 2. The molecule has 1 fully saturated rings. The molecule has 5 nitrogen and oxygen atoms in total. The van der Waals surface area contributed by atoms with Crippen molar-refractivity contribution in [1.29, 1.82) is 0 Å². The molecule has 3 amide bonds. The maximum absolute atomic E-state index is 12.7. The molecule has 0 aromatic heterocycles. The van der Waals surface area contributed by atoms with Crippen molar-refractivity contribution in [3.8, 4) is 0 Å². The van der Waals surface area contributed by atoms with Crippen LogP contribution in [0.1, 0.15) is 62.1 Å². The van der Waals surface area contributed by atoms with Crippen molar-refractivity contribution in [3.63, 3.8) is 0 Å². The van der Waals surface area contributed by atoms with Crippen molar-refractivity contribution in [1.82, 2.24) is 10.2 Å². The fourth-order valence-corrected chi connectivity index (χ4v) is 3.39. The summed E-state index contributed by atoms with van der Waals surface area (Å²) in [5.74, 6) is 0.225. The molecule has 0 radical (unpaired) electrons. The molecule has 0 unspecified atom stereocenters. The first-order chi connectivity index (χ1) is 11.6. The molecule has 1 aliphatic rings. The van der Waals surface area contributed by atoms with Crippen LogP contribution in [0.4, 0.5) is 4.79 Å².